The quantitative estimate of drug-likeness (QED) is 0.595. The first-order valence-corrected chi connectivity index (χ1v) is 7.14. The molecule has 0 atom stereocenters. The van der Waals surface area contributed by atoms with E-state index < -0.39 is 17.8 Å². The molecule has 120 valence electrons. The average Bonchev–Trinajstić information content (AvgIpc) is 2.47. The van der Waals surface area contributed by atoms with Crippen molar-refractivity contribution in [3.8, 4) is 0 Å². The Kier molecular flexibility index (Phi) is 5.28. The lowest BCUT2D eigenvalue weighted by atomic mass is 9.99. The standard InChI is InChI=1S/C14H14ClF3N2O2/c15-11-7-6-9(14(16,17)18)8-12(11)19-13(21)22-20-10-4-2-1-3-5-10/h6-8H,1-5H2,(H,19,21). The fourth-order valence-electron chi connectivity index (χ4n) is 2.09. The first kappa shape index (κ1) is 16.6. The molecular formula is C14H14ClF3N2O2. The molecule has 4 nitrogen and oxygen atoms in total. The molecule has 1 aromatic rings. The number of nitrogens with zero attached hydrogens (tertiary/aromatic N) is 1. The van der Waals surface area contributed by atoms with Crippen LogP contribution in [0.3, 0.4) is 0 Å². The molecular weight excluding hydrogens is 321 g/mol. The number of alkyl halides is 3. The zero-order valence-electron chi connectivity index (χ0n) is 11.5. The molecule has 0 bridgehead atoms. The summed E-state index contributed by atoms with van der Waals surface area (Å²) in [7, 11) is 0. The number of anilines is 1. The first-order valence-electron chi connectivity index (χ1n) is 6.77. The first-order chi connectivity index (χ1) is 10.4. The lowest BCUT2D eigenvalue weighted by Crippen LogP contribution is -2.14. The average molecular weight is 335 g/mol. The largest absolute Gasteiger partial charge is 0.437 e. The SMILES string of the molecule is O=C(Nc1cc(C(F)(F)F)ccc1Cl)ON=C1CCCCC1. The van der Waals surface area contributed by atoms with Crippen LogP contribution in [0.4, 0.5) is 23.7 Å². The number of carbonyl (C=O) groups excluding carboxylic acids is 1. The van der Waals surface area contributed by atoms with Crippen LogP contribution in [0.5, 0.6) is 0 Å². The van der Waals surface area contributed by atoms with E-state index in [2.05, 4.69) is 15.3 Å². The van der Waals surface area contributed by atoms with Crippen LogP contribution < -0.4 is 5.32 Å². The molecule has 1 aliphatic carbocycles. The van der Waals surface area contributed by atoms with E-state index in [1.165, 1.54) is 0 Å². The molecule has 1 amide bonds. The van der Waals surface area contributed by atoms with E-state index >= 15 is 0 Å². The molecule has 2 rings (SSSR count). The number of rotatable bonds is 2. The van der Waals surface area contributed by atoms with Crippen LogP contribution >= 0.6 is 11.6 Å². The van der Waals surface area contributed by atoms with Gasteiger partial charge in [0.1, 0.15) is 0 Å². The maximum atomic E-state index is 12.6. The highest BCUT2D eigenvalue weighted by atomic mass is 35.5. The topological polar surface area (TPSA) is 50.7 Å². The highest BCUT2D eigenvalue weighted by molar-refractivity contribution is 6.33. The van der Waals surface area contributed by atoms with Crippen LogP contribution in [0.1, 0.15) is 37.7 Å². The summed E-state index contributed by atoms with van der Waals surface area (Å²) in [5.74, 6) is 0. The van der Waals surface area contributed by atoms with Gasteiger partial charge in [-0.25, -0.2) is 4.79 Å². The van der Waals surface area contributed by atoms with Crippen molar-refractivity contribution >= 4 is 29.1 Å². The van der Waals surface area contributed by atoms with Gasteiger partial charge in [0.15, 0.2) is 0 Å². The molecule has 0 saturated heterocycles. The number of amides is 1. The smallest absolute Gasteiger partial charge is 0.298 e. The van der Waals surface area contributed by atoms with E-state index in [0.717, 1.165) is 56.0 Å². The fraction of sp³-hybridized carbons (Fsp3) is 0.429. The Bertz CT molecular complexity index is 580. The molecule has 1 saturated carbocycles. The van der Waals surface area contributed by atoms with E-state index in [0.29, 0.717) is 0 Å². The van der Waals surface area contributed by atoms with E-state index in [-0.39, 0.29) is 10.7 Å². The minimum atomic E-state index is -4.52. The van der Waals surface area contributed by atoms with E-state index in [1.807, 2.05) is 0 Å². The Balaban J connectivity index is 2.01. The molecule has 8 heteroatoms. The normalized spacial score (nSPS) is 15.4. The van der Waals surface area contributed by atoms with Crippen molar-refractivity contribution in [3.05, 3.63) is 28.8 Å². The lowest BCUT2D eigenvalue weighted by molar-refractivity contribution is -0.137. The number of benzene rings is 1. The molecule has 0 spiro atoms. The zero-order chi connectivity index (χ0) is 16.2. The third-order valence-electron chi connectivity index (χ3n) is 3.22. The maximum absolute atomic E-state index is 12.6. The van der Waals surface area contributed by atoms with Crippen molar-refractivity contribution < 1.29 is 22.8 Å². The number of hydrogen-bond acceptors (Lipinski definition) is 3. The van der Waals surface area contributed by atoms with Gasteiger partial charge < -0.3 is 0 Å². The molecule has 1 aromatic carbocycles. The Morgan fingerprint density at radius 2 is 1.91 bits per heavy atom. The maximum Gasteiger partial charge on any atom is 0.437 e. The number of halogens is 4. The summed E-state index contributed by atoms with van der Waals surface area (Å²) >= 11 is 5.77. The van der Waals surface area contributed by atoms with Crippen molar-refractivity contribution in [3.63, 3.8) is 0 Å². The van der Waals surface area contributed by atoms with Crippen molar-refractivity contribution in [2.24, 2.45) is 5.16 Å². The molecule has 0 unspecified atom stereocenters. The van der Waals surface area contributed by atoms with Crippen molar-refractivity contribution in [1.29, 1.82) is 0 Å². The number of oxime groups is 1. The lowest BCUT2D eigenvalue weighted by Gasteiger charge is -2.12. The molecule has 1 N–H and O–H groups in total. The summed E-state index contributed by atoms with van der Waals surface area (Å²) in [6, 6.07) is 2.64. The van der Waals surface area contributed by atoms with E-state index in [9.17, 15) is 18.0 Å². The molecule has 0 radical (unpaired) electrons. The van der Waals surface area contributed by atoms with Crippen LogP contribution in [0, 0.1) is 0 Å². The summed E-state index contributed by atoms with van der Waals surface area (Å²) in [6.07, 6.45) is -0.876. The van der Waals surface area contributed by atoms with Crippen LogP contribution in [-0.2, 0) is 11.0 Å². The molecule has 1 fully saturated rings. The fourth-order valence-corrected chi connectivity index (χ4v) is 2.25. The monoisotopic (exact) mass is 334 g/mol. The Hall–Kier alpha value is -1.76. The van der Waals surface area contributed by atoms with Crippen LogP contribution in [0.15, 0.2) is 23.4 Å². The number of hydrogen-bond donors (Lipinski definition) is 1. The van der Waals surface area contributed by atoms with Gasteiger partial charge in [-0.15, -0.1) is 0 Å². The van der Waals surface area contributed by atoms with Crippen LogP contribution in [0.25, 0.3) is 0 Å². The highest BCUT2D eigenvalue weighted by Crippen LogP contribution is 2.33. The third-order valence-corrected chi connectivity index (χ3v) is 3.55. The Labute approximate surface area is 130 Å². The van der Waals surface area contributed by atoms with Gasteiger partial charge in [0.05, 0.1) is 22.0 Å². The van der Waals surface area contributed by atoms with Crippen molar-refractivity contribution in [2.75, 3.05) is 5.32 Å². The molecule has 22 heavy (non-hydrogen) atoms. The van der Waals surface area contributed by atoms with Gasteiger partial charge >= 0.3 is 12.3 Å². The van der Waals surface area contributed by atoms with Crippen molar-refractivity contribution in [1.82, 2.24) is 0 Å². The molecule has 0 heterocycles. The molecule has 0 aromatic heterocycles. The number of carbonyl (C=O) groups is 1. The number of nitrogens with one attached hydrogen (secondary N) is 1. The predicted molar refractivity (Wildman–Crippen MR) is 77.1 cm³/mol. The Morgan fingerprint density at radius 3 is 2.55 bits per heavy atom. The van der Waals surface area contributed by atoms with Gasteiger partial charge in [-0.3, -0.25) is 10.2 Å². The predicted octanol–water partition coefficient (Wildman–Crippen LogP) is 5.23. The van der Waals surface area contributed by atoms with Gasteiger partial charge in [-0.2, -0.15) is 13.2 Å². The van der Waals surface area contributed by atoms with Gasteiger partial charge in [0, 0.05) is 0 Å². The minimum absolute atomic E-state index is 0.0183. The second-order valence-corrected chi connectivity index (χ2v) is 5.32. The summed E-state index contributed by atoms with van der Waals surface area (Å²) < 4.78 is 37.9. The molecule has 0 aliphatic heterocycles. The second-order valence-electron chi connectivity index (χ2n) is 4.91. The van der Waals surface area contributed by atoms with E-state index in [4.69, 9.17) is 11.6 Å². The van der Waals surface area contributed by atoms with Gasteiger partial charge in [-0.05, 0) is 43.9 Å². The van der Waals surface area contributed by atoms with Gasteiger partial charge in [0.25, 0.3) is 0 Å². The minimum Gasteiger partial charge on any atom is -0.298 e. The zero-order valence-corrected chi connectivity index (χ0v) is 12.3. The van der Waals surface area contributed by atoms with Crippen molar-refractivity contribution in [2.45, 2.75) is 38.3 Å². The highest BCUT2D eigenvalue weighted by Gasteiger charge is 2.31. The summed E-state index contributed by atoms with van der Waals surface area (Å²) in [5, 5.41) is 5.86. The molecule has 1 aliphatic rings. The van der Waals surface area contributed by atoms with Gasteiger partial charge in [0.2, 0.25) is 0 Å². The van der Waals surface area contributed by atoms with Gasteiger partial charge in [-0.1, -0.05) is 23.2 Å². The third kappa shape index (κ3) is 4.62. The summed E-state index contributed by atoms with van der Waals surface area (Å²) in [4.78, 5) is 16.3. The second kappa shape index (κ2) is 7.00. The van der Waals surface area contributed by atoms with Crippen LogP contribution in [0.2, 0.25) is 5.02 Å². The van der Waals surface area contributed by atoms with E-state index in [1.54, 1.807) is 0 Å². The Morgan fingerprint density at radius 1 is 1.23 bits per heavy atom. The van der Waals surface area contributed by atoms with Crippen LogP contribution in [-0.4, -0.2) is 11.8 Å². The summed E-state index contributed by atoms with van der Waals surface area (Å²) in [6.45, 7) is 0. The summed E-state index contributed by atoms with van der Waals surface area (Å²) in [5.41, 5.74) is -0.312.